The van der Waals surface area contributed by atoms with E-state index < -0.39 is 11.6 Å². The van der Waals surface area contributed by atoms with Gasteiger partial charge in [0.1, 0.15) is 5.69 Å². The average molecular weight is 468 g/mol. The number of carbonyl (C=O) groups excluding carboxylic acids is 1. The van der Waals surface area contributed by atoms with E-state index in [0.29, 0.717) is 30.9 Å². The van der Waals surface area contributed by atoms with Gasteiger partial charge in [-0.15, -0.1) is 0 Å². The Labute approximate surface area is 197 Å². The summed E-state index contributed by atoms with van der Waals surface area (Å²) in [6.07, 6.45) is 0. The first-order valence-corrected chi connectivity index (χ1v) is 11.4. The lowest BCUT2D eigenvalue weighted by Gasteiger charge is -2.35. The number of aryl methyl sites for hydroxylation is 2. The molecular formula is C26H27F2N3O3. The molecule has 2 aliphatic heterocycles. The highest BCUT2D eigenvalue weighted by atomic mass is 19.2. The number of nitrogens with zero attached hydrogens (tertiary/aromatic N) is 3. The first-order valence-electron chi connectivity index (χ1n) is 11.4. The van der Waals surface area contributed by atoms with E-state index in [9.17, 15) is 13.6 Å². The van der Waals surface area contributed by atoms with E-state index in [-0.39, 0.29) is 12.7 Å². The molecule has 1 fully saturated rings. The van der Waals surface area contributed by atoms with Crippen molar-refractivity contribution in [2.24, 2.45) is 0 Å². The first kappa shape index (κ1) is 22.4. The van der Waals surface area contributed by atoms with Gasteiger partial charge in [0.2, 0.25) is 6.79 Å². The Morgan fingerprint density at radius 3 is 2.32 bits per heavy atom. The Balaban J connectivity index is 1.26. The van der Waals surface area contributed by atoms with Crippen LogP contribution < -0.4 is 9.47 Å². The number of rotatable bonds is 5. The summed E-state index contributed by atoms with van der Waals surface area (Å²) < 4.78 is 39.8. The third kappa shape index (κ3) is 4.37. The molecule has 0 saturated carbocycles. The highest BCUT2D eigenvalue weighted by molar-refractivity contribution is 5.94. The summed E-state index contributed by atoms with van der Waals surface area (Å²) in [6.45, 7) is 7.97. The molecule has 0 bridgehead atoms. The number of fused-ring (bicyclic) bond motifs is 1. The van der Waals surface area contributed by atoms with Crippen LogP contribution in [0.1, 0.15) is 32.9 Å². The molecule has 6 nitrogen and oxygen atoms in total. The minimum absolute atomic E-state index is 0.0316. The van der Waals surface area contributed by atoms with Crippen LogP contribution in [-0.4, -0.2) is 53.2 Å². The van der Waals surface area contributed by atoms with Crippen LogP contribution >= 0.6 is 0 Å². The Kier molecular flexibility index (Phi) is 6.00. The zero-order valence-corrected chi connectivity index (χ0v) is 19.3. The predicted molar refractivity (Wildman–Crippen MR) is 123 cm³/mol. The molecule has 0 unspecified atom stereocenters. The molecule has 5 rings (SSSR count). The third-order valence-corrected chi connectivity index (χ3v) is 6.52. The minimum Gasteiger partial charge on any atom is -0.454 e. The SMILES string of the molecule is Cc1cc(C)n(Cc2ccc(F)c(F)c2)c1C(=O)N1CCN(Cc2ccc3c(c2)OCO3)CC1. The van der Waals surface area contributed by atoms with Crippen LogP contribution in [0.15, 0.2) is 42.5 Å². The van der Waals surface area contributed by atoms with Crippen molar-refractivity contribution in [3.05, 3.63) is 82.2 Å². The molecule has 0 N–H and O–H groups in total. The highest BCUT2D eigenvalue weighted by Crippen LogP contribution is 2.33. The fraction of sp³-hybridized carbons (Fsp3) is 0.346. The second-order valence-electron chi connectivity index (χ2n) is 8.91. The molecule has 34 heavy (non-hydrogen) atoms. The lowest BCUT2D eigenvalue weighted by Crippen LogP contribution is -2.48. The van der Waals surface area contributed by atoms with Crippen molar-refractivity contribution < 1.29 is 23.0 Å². The summed E-state index contributed by atoms with van der Waals surface area (Å²) in [6, 6.07) is 11.8. The van der Waals surface area contributed by atoms with Gasteiger partial charge in [-0.05, 0) is 60.9 Å². The van der Waals surface area contributed by atoms with Crippen LogP contribution in [0.25, 0.3) is 0 Å². The van der Waals surface area contributed by atoms with Crippen molar-refractivity contribution in [2.75, 3.05) is 33.0 Å². The van der Waals surface area contributed by atoms with E-state index >= 15 is 0 Å². The first-order chi connectivity index (χ1) is 16.4. The summed E-state index contributed by atoms with van der Waals surface area (Å²) in [7, 11) is 0. The van der Waals surface area contributed by atoms with Gasteiger partial charge in [-0.1, -0.05) is 12.1 Å². The zero-order chi connectivity index (χ0) is 23.8. The van der Waals surface area contributed by atoms with Crippen molar-refractivity contribution >= 4 is 5.91 Å². The Hall–Kier alpha value is -3.39. The number of piperazine rings is 1. The number of halogens is 2. The minimum atomic E-state index is -0.884. The lowest BCUT2D eigenvalue weighted by atomic mass is 10.1. The molecule has 2 aromatic carbocycles. The van der Waals surface area contributed by atoms with E-state index in [4.69, 9.17) is 9.47 Å². The van der Waals surface area contributed by atoms with Crippen LogP contribution in [0.4, 0.5) is 8.78 Å². The topological polar surface area (TPSA) is 46.9 Å². The van der Waals surface area contributed by atoms with Crippen molar-refractivity contribution in [3.63, 3.8) is 0 Å². The zero-order valence-electron chi connectivity index (χ0n) is 19.3. The number of ether oxygens (including phenoxy) is 2. The normalized spacial score (nSPS) is 15.7. The van der Waals surface area contributed by atoms with E-state index in [1.165, 1.54) is 6.07 Å². The fourth-order valence-electron chi connectivity index (χ4n) is 4.71. The predicted octanol–water partition coefficient (Wildman–Crippen LogP) is 4.12. The van der Waals surface area contributed by atoms with E-state index in [1.807, 2.05) is 47.6 Å². The molecule has 1 aromatic heterocycles. The summed E-state index contributed by atoms with van der Waals surface area (Å²) in [5, 5.41) is 0. The van der Waals surface area contributed by atoms with Gasteiger partial charge < -0.3 is 18.9 Å². The molecule has 1 saturated heterocycles. The molecule has 8 heteroatoms. The molecule has 3 aromatic rings. The Morgan fingerprint density at radius 1 is 0.853 bits per heavy atom. The van der Waals surface area contributed by atoms with Crippen LogP contribution in [0.3, 0.4) is 0 Å². The second kappa shape index (κ2) is 9.10. The second-order valence-corrected chi connectivity index (χ2v) is 8.91. The third-order valence-electron chi connectivity index (χ3n) is 6.52. The number of amides is 1. The van der Waals surface area contributed by atoms with Crippen LogP contribution in [0.5, 0.6) is 11.5 Å². The van der Waals surface area contributed by atoms with Gasteiger partial charge in [0.15, 0.2) is 23.1 Å². The quantitative estimate of drug-likeness (QED) is 0.567. The maximum atomic E-state index is 13.7. The molecule has 2 aliphatic rings. The molecule has 0 atom stereocenters. The smallest absolute Gasteiger partial charge is 0.270 e. The standard InChI is InChI=1S/C26H27F2N3O3/c1-17-11-18(2)31(15-19-3-5-21(27)22(28)12-19)25(17)26(32)30-9-7-29(8-10-30)14-20-4-6-23-24(13-20)34-16-33-23/h3-6,11-13H,7-10,14-16H2,1-2H3. The molecule has 0 radical (unpaired) electrons. The number of benzene rings is 2. The summed E-state index contributed by atoms with van der Waals surface area (Å²) in [5.41, 5.74) is 4.16. The highest BCUT2D eigenvalue weighted by Gasteiger charge is 2.27. The molecule has 1 amide bonds. The number of carbonyl (C=O) groups is 1. The van der Waals surface area contributed by atoms with Gasteiger partial charge in [0.05, 0.1) is 0 Å². The summed E-state index contributed by atoms with van der Waals surface area (Å²) in [4.78, 5) is 17.7. The maximum absolute atomic E-state index is 13.7. The Morgan fingerprint density at radius 2 is 1.56 bits per heavy atom. The number of hydrogen-bond donors (Lipinski definition) is 0. The largest absolute Gasteiger partial charge is 0.454 e. The van der Waals surface area contributed by atoms with Crippen molar-refractivity contribution in [3.8, 4) is 11.5 Å². The number of aromatic nitrogens is 1. The van der Waals surface area contributed by atoms with Gasteiger partial charge in [-0.2, -0.15) is 0 Å². The van der Waals surface area contributed by atoms with Crippen LogP contribution in [0.2, 0.25) is 0 Å². The molecule has 3 heterocycles. The summed E-state index contributed by atoms with van der Waals surface area (Å²) in [5.74, 6) is -0.240. The van der Waals surface area contributed by atoms with E-state index in [2.05, 4.69) is 4.90 Å². The van der Waals surface area contributed by atoms with E-state index in [1.54, 1.807) is 6.07 Å². The van der Waals surface area contributed by atoms with Gasteiger partial charge in [0.25, 0.3) is 5.91 Å². The average Bonchev–Trinajstić information content (AvgIpc) is 3.39. The molecule has 0 aliphatic carbocycles. The van der Waals surface area contributed by atoms with Crippen molar-refractivity contribution in [1.29, 1.82) is 0 Å². The van der Waals surface area contributed by atoms with Gasteiger partial charge in [-0.3, -0.25) is 9.69 Å². The van der Waals surface area contributed by atoms with Crippen molar-refractivity contribution in [2.45, 2.75) is 26.9 Å². The maximum Gasteiger partial charge on any atom is 0.270 e. The molecular weight excluding hydrogens is 440 g/mol. The summed E-state index contributed by atoms with van der Waals surface area (Å²) >= 11 is 0. The van der Waals surface area contributed by atoms with E-state index in [0.717, 1.165) is 54.0 Å². The molecule has 178 valence electrons. The van der Waals surface area contributed by atoms with Crippen LogP contribution in [-0.2, 0) is 13.1 Å². The van der Waals surface area contributed by atoms with Crippen LogP contribution in [0, 0.1) is 25.5 Å². The van der Waals surface area contributed by atoms with Crippen molar-refractivity contribution in [1.82, 2.24) is 14.4 Å². The number of hydrogen-bond acceptors (Lipinski definition) is 4. The Bertz CT molecular complexity index is 1230. The fourth-order valence-corrected chi connectivity index (χ4v) is 4.71. The van der Waals surface area contributed by atoms with Gasteiger partial charge in [0, 0.05) is 45.0 Å². The molecule has 0 spiro atoms. The van der Waals surface area contributed by atoms with Gasteiger partial charge >= 0.3 is 0 Å². The monoisotopic (exact) mass is 467 g/mol. The lowest BCUT2D eigenvalue weighted by molar-refractivity contribution is 0.0617. The van der Waals surface area contributed by atoms with Gasteiger partial charge in [-0.25, -0.2) is 8.78 Å².